The van der Waals surface area contributed by atoms with Gasteiger partial charge in [0.1, 0.15) is 12.1 Å². The van der Waals surface area contributed by atoms with Crippen molar-refractivity contribution in [3.63, 3.8) is 0 Å². The van der Waals surface area contributed by atoms with Crippen LogP contribution >= 0.6 is 0 Å². The number of nitrogens with zero attached hydrogens (tertiary/aromatic N) is 7. The van der Waals surface area contributed by atoms with Crippen molar-refractivity contribution in [3.8, 4) is 17.1 Å². The van der Waals surface area contributed by atoms with E-state index in [2.05, 4.69) is 62.2 Å². The maximum Gasteiger partial charge on any atom is 0.238 e. The molecule has 1 aliphatic rings. The largest absolute Gasteiger partial charge is 0.475 e. The lowest BCUT2D eigenvalue weighted by Gasteiger charge is -2.33. The van der Waals surface area contributed by atoms with Crippen LogP contribution in [-0.4, -0.2) is 74.9 Å². The minimum atomic E-state index is 0.0679. The summed E-state index contributed by atoms with van der Waals surface area (Å²) in [6.45, 7) is 4.86. The van der Waals surface area contributed by atoms with E-state index >= 15 is 0 Å². The third-order valence-corrected chi connectivity index (χ3v) is 7.69. The predicted octanol–water partition coefficient (Wildman–Crippen LogP) is 4.64. The lowest BCUT2D eigenvalue weighted by atomic mass is 9.86. The molecule has 1 aliphatic heterocycles. The molecule has 9 heteroatoms. The first-order chi connectivity index (χ1) is 19.0. The minimum absolute atomic E-state index is 0.0679. The number of ether oxygens (including phenoxy) is 2. The number of hydrogen-bond acceptors (Lipinski definition) is 7. The molecule has 0 bridgehead atoms. The number of aryl methyl sites for hydroxylation is 2. The topological polar surface area (TPSA) is 83.1 Å². The molecule has 0 unspecified atom stereocenters. The van der Waals surface area contributed by atoms with Crippen molar-refractivity contribution < 1.29 is 9.47 Å². The first-order valence-electron chi connectivity index (χ1n) is 13.6. The Balaban J connectivity index is 1.64. The van der Waals surface area contributed by atoms with Crippen molar-refractivity contribution in [2.45, 2.75) is 25.8 Å². The maximum atomic E-state index is 6.36. The lowest BCUT2D eigenvalue weighted by molar-refractivity contribution is 0.0552. The third-order valence-electron chi connectivity index (χ3n) is 7.69. The molecule has 1 atom stereocenters. The second-order valence-electron chi connectivity index (χ2n) is 10.6. The van der Waals surface area contributed by atoms with Crippen molar-refractivity contribution in [2.75, 3.05) is 40.5 Å². The van der Waals surface area contributed by atoms with Gasteiger partial charge >= 0.3 is 0 Å². The highest BCUT2D eigenvalue weighted by atomic mass is 16.5. The van der Waals surface area contributed by atoms with Gasteiger partial charge in [-0.05, 0) is 57.5 Å². The summed E-state index contributed by atoms with van der Waals surface area (Å²) in [4.78, 5) is 11.9. The Bertz CT molecular complexity index is 1570. The van der Waals surface area contributed by atoms with Crippen LogP contribution in [0.25, 0.3) is 33.2 Å². The molecule has 4 aromatic heterocycles. The van der Waals surface area contributed by atoms with E-state index in [1.54, 1.807) is 0 Å². The summed E-state index contributed by atoms with van der Waals surface area (Å²) in [7, 11) is 6.02. The van der Waals surface area contributed by atoms with Crippen LogP contribution < -0.4 is 4.74 Å². The molecular formula is C30H35N7O2. The highest BCUT2D eigenvalue weighted by Gasteiger charge is 2.31. The first-order valence-corrected chi connectivity index (χ1v) is 13.6. The van der Waals surface area contributed by atoms with Gasteiger partial charge in [0.2, 0.25) is 5.88 Å². The normalized spacial score (nSPS) is 15.4. The molecule has 1 saturated heterocycles. The van der Waals surface area contributed by atoms with Crippen molar-refractivity contribution in [3.05, 3.63) is 66.1 Å². The molecule has 0 N–H and O–H groups in total. The summed E-state index contributed by atoms with van der Waals surface area (Å²) in [5.74, 6) is 1.03. The molecule has 39 heavy (non-hydrogen) atoms. The van der Waals surface area contributed by atoms with Gasteiger partial charge in [-0.15, -0.1) is 5.10 Å². The highest BCUT2D eigenvalue weighted by molar-refractivity contribution is 6.08. The van der Waals surface area contributed by atoms with Gasteiger partial charge in [-0.1, -0.05) is 35.5 Å². The number of likely N-dealkylation sites (N-methyl/N-ethyl adjacent to an activating group) is 1. The van der Waals surface area contributed by atoms with E-state index in [4.69, 9.17) is 19.4 Å². The zero-order chi connectivity index (χ0) is 26.9. The predicted molar refractivity (Wildman–Crippen MR) is 152 cm³/mol. The molecule has 0 aliphatic carbocycles. The fourth-order valence-corrected chi connectivity index (χ4v) is 5.84. The van der Waals surface area contributed by atoms with Crippen LogP contribution in [0.1, 0.15) is 30.1 Å². The van der Waals surface area contributed by atoms with Gasteiger partial charge in [0.25, 0.3) is 0 Å². The fourth-order valence-electron chi connectivity index (χ4n) is 5.84. The molecule has 5 aromatic rings. The van der Waals surface area contributed by atoms with Gasteiger partial charge in [-0.25, -0.2) is 9.67 Å². The third kappa shape index (κ3) is 4.77. The van der Waals surface area contributed by atoms with Gasteiger partial charge in [-0.3, -0.25) is 4.98 Å². The summed E-state index contributed by atoms with van der Waals surface area (Å²) in [6.07, 6.45) is 5.72. The van der Waals surface area contributed by atoms with Crippen LogP contribution in [0.3, 0.4) is 0 Å². The first kappa shape index (κ1) is 25.5. The summed E-state index contributed by atoms with van der Waals surface area (Å²) in [6, 6.07) is 15.1. The van der Waals surface area contributed by atoms with E-state index in [1.807, 2.05) is 45.1 Å². The number of rotatable bonds is 8. The van der Waals surface area contributed by atoms with Crippen molar-refractivity contribution in [1.82, 2.24) is 34.4 Å². The molecule has 0 saturated carbocycles. The Hall–Kier alpha value is -3.82. The number of benzene rings is 1. The smallest absolute Gasteiger partial charge is 0.238 e. The van der Waals surface area contributed by atoms with Gasteiger partial charge in [0.15, 0.2) is 0 Å². The molecule has 5 heterocycles. The van der Waals surface area contributed by atoms with Gasteiger partial charge in [-0.2, -0.15) is 0 Å². The Morgan fingerprint density at radius 2 is 1.90 bits per heavy atom. The number of hydrogen-bond donors (Lipinski definition) is 0. The molecular weight excluding hydrogens is 490 g/mol. The monoisotopic (exact) mass is 525 g/mol. The molecule has 9 nitrogen and oxygen atoms in total. The molecule has 202 valence electrons. The number of pyridine rings is 2. The van der Waals surface area contributed by atoms with E-state index in [0.29, 0.717) is 18.4 Å². The van der Waals surface area contributed by atoms with Crippen LogP contribution in [0.15, 0.2) is 54.9 Å². The van der Waals surface area contributed by atoms with Crippen LogP contribution in [0.4, 0.5) is 0 Å². The zero-order valence-electron chi connectivity index (χ0n) is 23.0. The molecule has 0 spiro atoms. The minimum Gasteiger partial charge on any atom is -0.475 e. The van der Waals surface area contributed by atoms with Gasteiger partial charge in [0.05, 0.1) is 28.5 Å². The van der Waals surface area contributed by atoms with Crippen LogP contribution in [0.2, 0.25) is 0 Å². The van der Waals surface area contributed by atoms with Crippen molar-refractivity contribution in [1.29, 1.82) is 0 Å². The van der Waals surface area contributed by atoms with E-state index in [9.17, 15) is 0 Å². The fraction of sp³-hybridized carbons (Fsp3) is 0.400. The Kier molecular flexibility index (Phi) is 7.01. The average Bonchev–Trinajstić information content (AvgIpc) is 3.46. The SMILES string of the molecule is Cc1nnn(C)c1-c1cnc2c3ccnc(OCCN(C)C)c3n([C@H](c3ccccc3)C3CCOCC3)c2c1. The van der Waals surface area contributed by atoms with Gasteiger partial charge < -0.3 is 18.9 Å². The van der Waals surface area contributed by atoms with Crippen LogP contribution in [0, 0.1) is 12.8 Å². The molecule has 1 fully saturated rings. The van der Waals surface area contributed by atoms with E-state index in [1.165, 1.54) is 5.56 Å². The Morgan fingerprint density at radius 1 is 1.10 bits per heavy atom. The second kappa shape index (κ2) is 10.7. The summed E-state index contributed by atoms with van der Waals surface area (Å²) < 4.78 is 16.4. The van der Waals surface area contributed by atoms with Crippen molar-refractivity contribution >= 4 is 21.9 Å². The summed E-state index contributed by atoms with van der Waals surface area (Å²) >= 11 is 0. The molecule has 0 amide bonds. The maximum absolute atomic E-state index is 6.36. The van der Waals surface area contributed by atoms with E-state index < -0.39 is 0 Å². The summed E-state index contributed by atoms with van der Waals surface area (Å²) in [5, 5.41) is 9.57. The van der Waals surface area contributed by atoms with Crippen molar-refractivity contribution in [2.24, 2.45) is 13.0 Å². The second-order valence-corrected chi connectivity index (χ2v) is 10.6. The molecule has 0 radical (unpaired) electrons. The van der Waals surface area contributed by atoms with Crippen LogP contribution in [-0.2, 0) is 11.8 Å². The Labute approximate surface area is 228 Å². The van der Waals surface area contributed by atoms with E-state index in [-0.39, 0.29) is 6.04 Å². The lowest BCUT2D eigenvalue weighted by Crippen LogP contribution is -2.27. The summed E-state index contributed by atoms with van der Waals surface area (Å²) in [5.41, 5.74) is 7.05. The average molecular weight is 526 g/mol. The number of fused-ring (bicyclic) bond motifs is 3. The molecule has 1 aromatic carbocycles. The Morgan fingerprint density at radius 3 is 2.62 bits per heavy atom. The quantitative estimate of drug-likeness (QED) is 0.292. The van der Waals surface area contributed by atoms with Gasteiger partial charge in [0, 0.05) is 50.1 Å². The van der Waals surface area contributed by atoms with E-state index in [0.717, 1.165) is 71.5 Å². The molecule has 6 rings (SSSR count). The standard InChI is InChI=1S/C30H35N7O2/c1-20-27(36(4)34-33-20)23-18-25-26(32-19-23)24-10-13-31-30(39-17-14-35(2)3)29(24)37(25)28(21-8-6-5-7-9-21)22-11-15-38-16-12-22/h5-10,13,18-19,22,28H,11-12,14-17H2,1-4H3/t28-/m1/s1. The highest BCUT2D eigenvalue weighted by Crippen LogP contribution is 2.43. The zero-order valence-corrected chi connectivity index (χ0v) is 23.0. The van der Waals surface area contributed by atoms with Crippen LogP contribution in [0.5, 0.6) is 5.88 Å². The number of aromatic nitrogens is 6.